The smallest absolute Gasteiger partial charge is 0.264 e. The molecule has 202 valence electrons. The van der Waals surface area contributed by atoms with Crippen LogP contribution in [-0.4, -0.2) is 60.6 Å². The van der Waals surface area contributed by atoms with Crippen molar-refractivity contribution in [3.05, 3.63) is 71.9 Å². The number of β-amino-alcohol motifs (C(OH)–C–C–N with tert-alkyl or cyclic N) is 1. The molecule has 0 bridgehead atoms. The highest BCUT2D eigenvalue weighted by atomic mass is 32.2. The van der Waals surface area contributed by atoms with Gasteiger partial charge in [0, 0.05) is 36.3 Å². The van der Waals surface area contributed by atoms with Gasteiger partial charge in [0.05, 0.1) is 24.3 Å². The van der Waals surface area contributed by atoms with Crippen LogP contribution in [0.1, 0.15) is 16.8 Å². The number of amides is 1. The molecule has 2 aromatic heterocycles. The zero-order valence-electron chi connectivity index (χ0n) is 20.6. The lowest BCUT2D eigenvalue weighted by molar-refractivity contribution is 0.0766. The maximum atomic E-state index is 14.2. The van der Waals surface area contributed by atoms with Gasteiger partial charge in [-0.05, 0) is 48.4 Å². The van der Waals surface area contributed by atoms with Crippen LogP contribution in [0.25, 0.3) is 22.0 Å². The van der Waals surface area contributed by atoms with Crippen LogP contribution in [0.4, 0.5) is 20.3 Å². The lowest BCUT2D eigenvalue weighted by Gasteiger charge is -2.17. The van der Waals surface area contributed by atoms with Crippen molar-refractivity contribution in [2.24, 2.45) is 0 Å². The highest BCUT2D eigenvalue weighted by Gasteiger charge is 2.27. The maximum Gasteiger partial charge on any atom is 0.264 e. The Morgan fingerprint density at radius 3 is 2.64 bits per heavy atom. The number of anilines is 2. The number of carbonyl (C=O) groups is 1. The molecule has 1 atom stereocenters. The van der Waals surface area contributed by atoms with Crippen molar-refractivity contribution in [1.82, 2.24) is 14.9 Å². The molecule has 10 nitrogen and oxygen atoms in total. The van der Waals surface area contributed by atoms with Gasteiger partial charge >= 0.3 is 0 Å². The molecular formula is C26H23F2N5O5S. The van der Waals surface area contributed by atoms with Crippen molar-refractivity contribution in [3.63, 3.8) is 0 Å². The fraction of sp³-hybridized carbons (Fsp3) is 0.192. The predicted molar refractivity (Wildman–Crippen MR) is 140 cm³/mol. The Balaban J connectivity index is 1.51. The molecule has 5 rings (SSSR count). The average Bonchev–Trinajstić information content (AvgIpc) is 3.33. The minimum Gasteiger partial charge on any atom is -0.480 e. The average molecular weight is 556 g/mol. The van der Waals surface area contributed by atoms with E-state index >= 15 is 0 Å². The van der Waals surface area contributed by atoms with Crippen molar-refractivity contribution in [1.29, 1.82) is 0 Å². The SMILES string of the molecule is COc1ncc(-c2ccc3nc(N)c(C(=O)N4CCC(O)C4)cc3c2)cc1NS(=O)(=O)c1ccc(F)cc1F. The van der Waals surface area contributed by atoms with E-state index < -0.39 is 32.7 Å². The molecule has 1 unspecified atom stereocenters. The Labute approximate surface area is 222 Å². The molecule has 1 saturated heterocycles. The number of methoxy groups -OCH3 is 1. The monoisotopic (exact) mass is 555 g/mol. The molecule has 39 heavy (non-hydrogen) atoms. The van der Waals surface area contributed by atoms with E-state index in [1.807, 2.05) is 0 Å². The molecule has 4 N–H and O–H groups in total. The van der Waals surface area contributed by atoms with Crippen molar-refractivity contribution in [2.45, 2.75) is 17.4 Å². The number of hydrogen-bond acceptors (Lipinski definition) is 8. The van der Waals surface area contributed by atoms with Gasteiger partial charge in [-0.3, -0.25) is 9.52 Å². The van der Waals surface area contributed by atoms with Gasteiger partial charge in [0.25, 0.3) is 15.9 Å². The van der Waals surface area contributed by atoms with Crippen LogP contribution in [0.5, 0.6) is 5.88 Å². The number of fused-ring (bicyclic) bond motifs is 1. The van der Waals surface area contributed by atoms with Crippen LogP contribution in [0, 0.1) is 11.6 Å². The van der Waals surface area contributed by atoms with Crippen molar-refractivity contribution < 1.29 is 31.8 Å². The van der Waals surface area contributed by atoms with Gasteiger partial charge in [0.2, 0.25) is 5.88 Å². The third-order valence-electron chi connectivity index (χ3n) is 6.33. The third kappa shape index (κ3) is 5.18. The maximum absolute atomic E-state index is 14.2. The second-order valence-electron chi connectivity index (χ2n) is 8.98. The first kappa shape index (κ1) is 26.3. The molecule has 0 spiro atoms. The summed E-state index contributed by atoms with van der Waals surface area (Å²) in [4.78, 5) is 22.3. The molecule has 1 fully saturated rings. The highest BCUT2D eigenvalue weighted by molar-refractivity contribution is 7.92. The first-order chi connectivity index (χ1) is 18.6. The number of benzene rings is 2. The van der Waals surface area contributed by atoms with Crippen LogP contribution < -0.4 is 15.2 Å². The van der Waals surface area contributed by atoms with Gasteiger partial charge in [0.15, 0.2) is 0 Å². The normalized spacial score (nSPS) is 15.5. The Hall–Kier alpha value is -4.36. The number of likely N-dealkylation sites (tertiary alicyclic amines) is 1. The highest BCUT2D eigenvalue weighted by Crippen LogP contribution is 2.32. The number of aromatic nitrogens is 2. The van der Waals surface area contributed by atoms with Crippen LogP contribution >= 0.6 is 0 Å². The fourth-order valence-corrected chi connectivity index (χ4v) is 5.49. The van der Waals surface area contributed by atoms with E-state index in [4.69, 9.17) is 10.5 Å². The van der Waals surface area contributed by atoms with E-state index in [0.29, 0.717) is 41.1 Å². The summed E-state index contributed by atoms with van der Waals surface area (Å²) in [5.41, 5.74) is 7.80. The number of nitrogens with two attached hydrogens (primary N) is 1. The minimum atomic E-state index is -4.45. The number of nitrogens with zero attached hydrogens (tertiary/aromatic N) is 3. The molecule has 0 saturated carbocycles. The van der Waals surface area contributed by atoms with Crippen LogP contribution in [0.15, 0.2) is 59.6 Å². The van der Waals surface area contributed by atoms with Crippen molar-refractivity contribution >= 4 is 38.3 Å². The number of nitrogens with one attached hydrogen (secondary N) is 1. The number of aliphatic hydroxyl groups excluding tert-OH is 1. The number of sulfonamides is 1. The number of pyridine rings is 2. The number of carbonyl (C=O) groups excluding carboxylic acids is 1. The summed E-state index contributed by atoms with van der Waals surface area (Å²) < 4.78 is 60.6. The molecule has 1 amide bonds. The number of nitrogen functional groups attached to an aromatic ring is 1. The molecule has 1 aliphatic heterocycles. The number of rotatable bonds is 6. The minimum absolute atomic E-state index is 0.0671. The summed E-state index contributed by atoms with van der Waals surface area (Å²) in [7, 11) is -3.16. The third-order valence-corrected chi connectivity index (χ3v) is 7.73. The van der Waals surface area contributed by atoms with Gasteiger partial charge in [-0.25, -0.2) is 27.2 Å². The molecular weight excluding hydrogens is 532 g/mol. The summed E-state index contributed by atoms with van der Waals surface area (Å²) in [5, 5.41) is 10.4. The topological polar surface area (TPSA) is 148 Å². The second-order valence-corrected chi connectivity index (χ2v) is 10.6. The lowest BCUT2D eigenvalue weighted by atomic mass is 10.0. The molecule has 13 heteroatoms. The number of ether oxygens (including phenoxy) is 1. The first-order valence-electron chi connectivity index (χ1n) is 11.8. The molecule has 0 radical (unpaired) electrons. The number of aliphatic hydroxyl groups is 1. The molecule has 0 aliphatic carbocycles. The van der Waals surface area contributed by atoms with Crippen molar-refractivity contribution in [2.75, 3.05) is 30.7 Å². The molecule has 2 aromatic carbocycles. The molecule has 3 heterocycles. The summed E-state index contributed by atoms with van der Waals surface area (Å²) in [6.07, 6.45) is 1.36. The Morgan fingerprint density at radius 1 is 1.15 bits per heavy atom. The first-order valence-corrected chi connectivity index (χ1v) is 13.2. The molecule has 4 aromatic rings. The number of halogens is 2. The standard InChI is InChI=1S/C26H23F2N5O5S/c1-38-25-22(32-39(36,37)23-5-3-17(27)11-20(23)28)10-16(12-30-25)14-2-4-21-15(8-14)9-19(24(29)31-21)26(35)33-7-6-18(34)13-33/h2-5,8-12,18,32,34H,6-7,13H2,1H3,(H2,29,31). The van der Waals surface area contributed by atoms with Gasteiger partial charge in [-0.2, -0.15) is 0 Å². The predicted octanol–water partition coefficient (Wildman–Crippen LogP) is 3.17. The quantitative estimate of drug-likeness (QED) is 0.329. The Kier molecular flexibility index (Phi) is 6.78. The molecule has 1 aliphatic rings. The van der Waals surface area contributed by atoms with E-state index in [1.54, 1.807) is 24.3 Å². The zero-order valence-corrected chi connectivity index (χ0v) is 21.4. The summed E-state index contributed by atoms with van der Waals surface area (Å²) in [6, 6.07) is 10.3. The summed E-state index contributed by atoms with van der Waals surface area (Å²) in [6.45, 7) is 0.629. The fourth-order valence-electron chi connectivity index (χ4n) is 4.38. The van der Waals surface area contributed by atoms with Crippen LogP contribution in [0.3, 0.4) is 0 Å². The Bertz CT molecular complexity index is 1720. The Morgan fingerprint density at radius 2 is 1.95 bits per heavy atom. The zero-order chi connectivity index (χ0) is 27.9. The van der Waals surface area contributed by atoms with E-state index in [0.717, 1.165) is 12.1 Å². The summed E-state index contributed by atoms with van der Waals surface area (Å²) >= 11 is 0. The van der Waals surface area contributed by atoms with Gasteiger partial charge in [-0.1, -0.05) is 6.07 Å². The van der Waals surface area contributed by atoms with E-state index in [1.165, 1.54) is 24.3 Å². The van der Waals surface area contributed by atoms with Gasteiger partial charge in [-0.15, -0.1) is 0 Å². The van der Waals surface area contributed by atoms with E-state index in [-0.39, 0.29) is 35.4 Å². The van der Waals surface area contributed by atoms with Gasteiger partial charge < -0.3 is 20.5 Å². The van der Waals surface area contributed by atoms with Crippen LogP contribution in [-0.2, 0) is 10.0 Å². The largest absolute Gasteiger partial charge is 0.480 e. The van der Waals surface area contributed by atoms with E-state index in [9.17, 15) is 27.1 Å². The number of hydrogen-bond donors (Lipinski definition) is 3. The second kappa shape index (κ2) is 10.1. The summed E-state index contributed by atoms with van der Waals surface area (Å²) in [5.74, 6) is -2.50. The van der Waals surface area contributed by atoms with Crippen LogP contribution in [0.2, 0.25) is 0 Å². The lowest BCUT2D eigenvalue weighted by Crippen LogP contribution is -2.30. The van der Waals surface area contributed by atoms with E-state index in [2.05, 4.69) is 14.7 Å². The van der Waals surface area contributed by atoms with Gasteiger partial charge in [0.1, 0.15) is 28.0 Å². The van der Waals surface area contributed by atoms with Crippen molar-refractivity contribution in [3.8, 4) is 17.0 Å².